The van der Waals surface area contributed by atoms with Crippen LogP contribution in [-0.2, 0) is 12.8 Å². The van der Waals surface area contributed by atoms with Crippen LogP contribution in [0, 0.1) is 6.92 Å². The topological polar surface area (TPSA) is 67.3 Å². The number of benzene rings is 2. The SMILES string of the molecule is COc1ccccc1CCNC(=O)c1cc(C)nc(N2CCc3ccccc32)n1. The van der Waals surface area contributed by atoms with Crippen LogP contribution in [0.25, 0.3) is 0 Å². The Bertz CT molecular complexity index is 1030. The summed E-state index contributed by atoms with van der Waals surface area (Å²) in [4.78, 5) is 23.9. The number of para-hydroxylation sites is 2. The summed E-state index contributed by atoms with van der Waals surface area (Å²) in [7, 11) is 1.65. The second-order valence-corrected chi connectivity index (χ2v) is 7.04. The summed E-state index contributed by atoms with van der Waals surface area (Å²) in [6, 6.07) is 17.8. The maximum atomic E-state index is 12.7. The Hall–Kier alpha value is -3.41. The number of carbonyl (C=O) groups excluding carboxylic acids is 1. The first-order valence-corrected chi connectivity index (χ1v) is 9.77. The molecule has 6 nitrogen and oxygen atoms in total. The smallest absolute Gasteiger partial charge is 0.270 e. The molecule has 2 heterocycles. The van der Waals surface area contributed by atoms with Gasteiger partial charge in [-0.2, -0.15) is 0 Å². The van der Waals surface area contributed by atoms with E-state index in [2.05, 4.69) is 32.3 Å². The molecule has 1 aliphatic heterocycles. The average Bonchev–Trinajstić information content (AvgIpc) is 3.18. The average molecular weight is 388 g/mol. The van der Waals surface area contributed by atoms with Crippen molar-refractivity contribution >= 4 is 17.5 Å². The van der Waals surface area contributed by atoms with Crippen molar-refractivity contribution in [2.24, 2.45) is 0 Å². The van der Waals surface area contributed by atoms with Crippen molar-refractivity contribution in [2.75, 3.05) is 25.1 Å². The molecule has 0 saturated carbocycles. The van der Waals surface area contributed by atoms with Gasteiger partial charge in [0.25, 0.3) is 5.91 Å². The lowest BCUT2D eigenvalue weighted by atomic mass is 10.1. The molecule has 0 saturated heterocycles. The van der Waals surface area contributed by atoms with E-state index in [9.17, 15) is 4.79 Å². The number of rotatable bonds is 6. The summed E-state index contributed by atoms with van der Waals surface area (Å²) in [5, 5.41) is 2.96. The molecular weight excluding hydrogens is 364 g/mol. The first-order chi connectivity index (χ1) is 14.2. The summed E-state index contributed by atoms with van der Waals surface area (Å²) in [6.07, 6.45) is 1.64. The molecule has 1 amide bonds. The highest BCUT2D eigenvalue weighted by Crippen LogP contribution is 2.32. The molecule has 0 unspecified atom stereocenters. The van der Waals surface area contributed by atoms with Gasteiger partial charge in [0.2, 0.25) is 5.95 Å². The normalized spacial score (nSPS) is 12.6. The van der Waals surface area contributed by atoms with Crippen molar-refractivity contribution in [3.05, 3.63) is 77.1 Å². The summed E-state index contributed by atoms with van der Waals surface area (Å²) < 4.78 is 5.37. The van der Waals surface area contributed by atoms with Crippen LogP contribution in [0.15, 0.2) is 54.6 Å². The first-order valence-electron chi connectivity index (χ1n) is 9.77. The van der Waals surface area contributed by atoms with Crippen LogP contribution in [0.1, 0.15) is 27.3 Å². The fourth-order valence-electron chi connectivity index (χ4n) is 3.65. The molecule has 0 aliphatic carbocycles. The Balaban J connectivity index is 1.47. The van der Waals surface area contributed by atoms with E-state index < -0.39 is 0 Å². The molecule has 0 fully saturated rings. The highest BCUT2D eigenvalue weighted by molar-refractivity contribution is 5.92. The van der Waals surface area contributed by atoms with E-state index in [1.807, 2.05) is 43.3 Å². The predicted molar refractivity (Wildman–Crippen MR) is 113 cm³/mol. The number of fused-ring (bicyclic) bond motifs is 1. The van der Waals surface area contributed by atoms with Gasteiger partial charge in [0.05, 0.1) is 7.11 Å². The molecule has 1 aliphatic rings. The Labute approximate surface area is 170 Å². The monoisotopic (exact) mass is 388 g/mol. The van der Waals surface area contributed by atoms with Crippen LogP contribution in [0.3, 0.4) is 0 Å². The number of ether oxygens (including phenoxy) is 1. The van der Waals surface area contributed by atoms with Gasteiger partial charge < -0.3 is 15.0 Å². The summed E-state index contributed by atoms with van der Waals surface area (Å²) in [6.45, 7) is 3.21. The standard InChI is InChI=1S/C23H24N4O2/c1-16-15-19(22(28)24-13-11-18-8-4-6-10-21(18)29-2)26-23(25-16)27-14-12-17-7-3-5-9-20(17)27/h3-10,15H,11-14H2,1-2H3,(H,24,28). The number of aromatic nitrogens is 2. The predicted octanol–water partition coefficient (Wildman–Crippen LogP) is 3.46. The van der Waals surface area contributed by atoms with E-state index in [-0.39, 0.29) is 5.91 Å². The van der Waals surface area contributed by atoms with Crippen molar-refractivity contribution in [3.63, 3.8) is 0 Å². The van der Waals surface area contributed by atoms with Gasteiger partial charge in [0.1, 0.15) is 11.4 Å². The number of nitrogens with one attached hydrogen (secondary N) is 1. The van der Waals surface area contributed by atoms with Crippen LogP contribution < -0.4 is 15.0 Å². The number of anilines is 2. The molecule has 148 valence electrons. The molecule has 3 aromatic rings. The third-order valence-electron chi connectivity index (χ3n) is 5.08. The molecule has 2 aromatic carbocycles. The van der Waals surface area contributed by atoms with Crippen LogP contribution in [0.2, 0.25) is 0 Å². The number of aryl methyl sites for hydroxylation is 1. The van der Waals surface area contributed by atoms with E-state index in [0.29, 0.717) is 24.6 Å². The fraction of sp³-hybridized carbons (Fsp3) is 0.261. The third kappa shape index (κ3) is 4.06. The molecule has 0 radical (unpaired) electrons. The molecule has 1 aromatic heterocycles. The highest BCUT2D eigenvalue weighted by atomic mass is 16.5. The van der Waals surface area contributed by atoms with Gasteiger partial charge in [-0.3, -0.25) is 4.79 Å². The summed E-state index contributed by atoms with van der Waals surface area (Å²) in [5.74, 6) is 1.21. The number of nitrogens with zero attached hydrogens (tertiary/aromatic N) is 3. The zero-order chi connectivity index (χ0) is 20.2. The van der Waals surface area contributed by atoms with Gasteiger partial charge in [-0.25, -0.2) is 9.97 Å². The minimum atomic E-state index is -0.195. The molecule has 1 N–H and O–H groups in total. The summed E-state index contributed by atoms with van der Waals surface area (Å²) >= 11 is 0. The van der Waals surface area contributed by atoms with Crippen molar-refractivity contribution in [1.29, 1.82) is 0 Å². The number of amides is 1. The molecule has 29 heavy (non-hydrogen) atoms. The molecular formula is C23H24N4O2. The van der Waals surface area contributed by atoms with Gasteiger partial charge in [-0.15, -0.1) is 0 Å². The van der Waals surface area contributed by atoms with Crippen LogP contribution >= 0.6 is 0 Å². The molecule has 0 atom stereocenters. The quantitative estimate of drug-likeness (QED) is 0.700. The Kier molecular flexibility index (Phi) is 5.42. The van der Waals surface area contributed by atoms with E-state index in [4.69, 9.17) is 4.74 Å². The van der Waals surface area contributed by atoms with Crippen molar-refractivity contribution in [1.82, 2.24) is 15.3 Å². The van der Waals surface area contributed by atoms with Gasteiger partial charge in [0, 0.05) is 24.5 Å². The molecule has 0 spiro atoms. The van der Waals surface area contributed by atoms with Crippen molar-refractivity contribution < 1.29 is 9.53 Å². The Morgan fingerprint density at radius 3 is 2.79 bits per heavy atom. The molecule has 6 heteroatoms. The van der Waals surface area contributed by atoms with Crippen molar-refractivity contribution in [3.8, 4) is 5.75 Å². The zero-order valence-electron chi connectivity index (χ0n) is 16.7. The minimum absolute atomic E-state index is 0.195. The third-order valence-corrected chi connectivity index (χ3v) is 5.08. The molecule has 0 bridgehead atoms. The van der Waals surface area contributed by atoms with Crippen LogP contribution in [0.5, 0.6) is 5.75 Å². The van der Waals surface area contributed by atoms with Crippen LogP contribution in [-0.4, -0.2) is 36.1 Å². The first kappa shape index (κ1) is 18.9. The lowest BCUT2D eigenvalue weighted by Gasteiger charge is -2.18. The minimum Gasteiger partial charge on any atom is -0.496 e. The van der Waals surface area contributed by atoms with E-state index in [1.165, 1.54) is 5.56 Å². The van der Waals surface area contributed by atoms with Gasteiger partial charge in [-0.1, -0.05) is 36.4 Å². The number of hydrogen-bond acceptors (Lipinski definition) is 5. The zero-order valence-corrected chi connectivity index (χ0v) is 16.7. The Morgan fingerprint density at radius 2 is 1.93 bits per heavy atom. The maximum absolute atomic E-state index is 12.7. The largest absolute Gasteiger partial charge is 0.496 e. The summed E-state index contributed by atoms with van der Waals surface area (Å²) in [5.41, 5.74) is 4.61. The van der Waals surface area contributed by atoms with Crippen LogP contribution in [0.4, 0.5) is 11.6 Å². The molecule has 4 rings (SSSR count). The second kappa shape index (κ2) is 8.31. The van der Waals surface area contributed by atoms with Gasteiger partial charge in [-0.05, 0) is 49.1 Å². The van der Waals surface area contributed by atoms with Crippen molar-refractivity contribution in [2.45, 2.75) is 19.8 Å². The highest BCUT2D eigenvalue weighted by Gasteiger charge is 2.23. The van der Waals surface area contributed by atoms with E-state index in [0.717, 1.165) is 35.7 Å². The second-order valence-electron chi connectivity index (χ2n) is 7.04. The lowest BCUT2D eigenvalue weighted by molar-refractivity contribution is 0.0949. The van der Waals surface area contributed by atoms with E-state index >= 15 is 0 Å². The number of hydrogen-bond donors (Lipinski definition) is 1. The van der Waals surface area contributed by atoms with Gasteiger partial charge >= 0.3 is 0 Å². The Morgan fingerprint density at radius 1 is 1.14 bits per heavy atom. The maximum Gasteiger partial charge on any atom is 0.270 e. The number of methoxy groups -OCH3 is 1. The van der Waals surface area contributed by atoms with Gasteiger partial charge in [0.15, 0.2) is 0 Å². The fourth-order valence-corrected chi connectivity index (χ4v) is 3.65. The number of carbonyl (C=O) groups is 1. The lowest BCUT2D eigenvalue weighted by Crippen LogP contribution is -2.28. The van der Waals surface area contributed by atoms with E-state index in [1.54, 1.807) is 13.2 Å².